The summed E-state index contributed by atoms with van der Waals surface area (Å²) in [7, 11) is 0. The Hall–Kier alpha value is -4.30. The topological polar surface area (TPSA) is 139 Å². The lowest BCUT2D eigenvalue weighted by molar-refractivity contribution is -0.143. The van der Waals surface area contributed by atoms with Gasteiger partial charge >= 0.3 is 30.0 Å². The summed E-state index contributed by atoms with van der Waals surface area (Å²) < 4.78 is 76.7. The number of aromatic nitrogens is 3. The highest BCUT2D eigenvalue weighted by Crippen LogP contribution is 2.35. The van der Waals surface area contributed by atoms with Crippen molar-refractivity contribution in [3.63, 3.8) is 0 Å². The molecule has 1 aromatic carbocycles. The highest BCUT2D eigenvalue weighted by atomic mass is 19.4. The first-order valence-electron chi connectivity index (χ1n) is 10.8. The smallest absolute Gasteiger partial charge is 0.419 e. The largest absolute Gasteiger partial charge is 0.481 e. The third kappa shape index (κ3) is 6.29. The molecule has 2 heterocycles. The number of carboxylic acid groups (broad SMARTS) is 1. The van der Waals surface area contributed by atoms with E-state index in [0.717, 1.165) is 0 Å². The van der Waals surface area contributed by atoms with Crippen LogP contribution in [-0.2, 0) is 11.0 Å². The van der Waals surface area contributed by atoms with E-state index in [9.17, 15) is 31.5 Å². The van der Waals surface area contributed by atoms with E-state index in [1.165, 1.54) is 18.3 Å². The molecular weight excluding hydrogens is 509 g/mol. The van der Waals surface area contributed by atoms with Crippen LogP contribution >= 0.6 is 0 Å². The van der Waals surface area contributed by atoms with Crippen LogP contribution in [0.15, 0.2) is 34.9 Å². The zero-order valence-electron chi connectivity index (χ0n) is 18.7. The number of aliphatic carboxylic acids is 1. The lowest BCUT2D eigenvalue weighted by Gasteiger charge is -2.26. The molecule has 3 N–H and O–H groups in total. The number of carbonyl (C=O) groups is 2. The summed E-state index contributed by atoms with van der Waals surface area (Å²) in [5, 5.41) is 20.4. The van der Waals surface area contributed by atoms with Gasteiger partial charge in [0.25, 0.3) is 0 Å². The Labute approximate surface area is 204 Å². The lowest BCUT2D eigenvalue weighted by Crippen LogP contribution is -2.28. The third-order valence-corrected chi connectivity index (χ3v) is 5.53. The van der Waals surface area contributed by atoms with E-state index >= 15 is 0 Å². The fourth-order valence-corrected chi connectivity index (χ4v) is 3.65. The number of hydrogen-bond donors (Lipinski definition) is 3. The average molecular weight is 527 g/mol. The number of anilines is 3. The Balaban J connectivity index is 1.35. The molecule has 37 heavy (non-hydrogen) atoms. The van der Waals surface area contributed by atoms with Gasteiger partial charge < -0.3 is 24.9 Å². The second kappa shape index (κ2) is 10.4. The number of carbonyl (C=O) groups excluding carboxylic acids is 1. The number of amides is 1. The SMILES string of the molecule is O=C(Nc1ccc(O[C@H]2CC[C@@H](C(=O)O)CC2)nc1)c1nnc(Nc2cc(C(F)(F)F)c(F)cc2F)o1. The minimum atomic E-state index is -5.07. The molecule has 0 saturated heterocycles. The zero-order valence-corrected chi connectivity index (χ0v) is 18.7. The molecule has 4 rings (SSSR count). The van der Waals surface area contributed by atoms with Crippen LogP contribution in [0.4, 0.5) is 39.3 Å². The van der Waals surface area contributed by atoms with Crippen LogP contribution in [0.1, 0.15) is 41.9 Å². The average Bonchev–Trinajstić information content (AvgIpc) is 3.30. The number of nitrogens with one attached hydrogen (secondary N) is 2. The quantitative estimate of drug-likeness (QED) is 0.371. The molecule has 0 spiro atoms. The molecule has 0 radical (unpaired) electrons. The van der Waals surface area contributed by atoms with E-state index in [-0.39, 0.29) is 35.7 Å². The fourth-order valence-electron chi connectivity index (χ4n) is 3.65. The minimum Gasteiger partial charge on any atom is -0.481 e. The number of benzene rings is 1. The normalized spacial score (nSPS) is 17.8. The first-order valence-corrected chi connectivity index (χ1v) is 10.8. The summed E-state index contributed by atoms with van der Waals surface area (Å²) in [4.78, 5) is 27.5. The van der Waals surface area contributed by atoms with Crippen LogP contribution in [0.5, 0.6) is 5.88 Å². The maximum Gasteiger partial charge on any atom is 0.419 e. The maximum absolute atomic E-state index is 13.9. The Morgan fingerprint density at radius 3 is 2.41 bits per heavy atom. The number of hydrogen-bond acceptors (Lipinski definition) is 8. The molecule has 1 aliphatic rings. The molecule has 1 amide bonds. The van der Waals surface area contributed by atoms with Gasteiger partial charge in [0, 0.05) is 12.1 Å². The number of rotatable bonds is 7. The van der Waals surface area contributed by atoms with E-state index in [2.05, 4.69) is 25.8 Å². The monoisotopic (exact) mass is 527 g/mol. The van der Waals surface area contributed by atoms with Gasteiger partial charge in [-0.2, -0.15) is 13.2 Å². The van der Waals surface area contributed by atoms with Gasteiger partial charge in [0.2, 0.25) is 5.88 Å². The van der Waals surface area contributed by atoms with Crippen LogP contribution in [0.2, 0.25) is 0 Å². The first kappa shape index (κ1) is 25.8. The summed E-state index contributed by atoms with van der Waals surface area (Å²) in [5.41, 5.74) is -2.28. The molecule has 0 aliphatic heterocycles. The standard InChI is InChI=1S/C22H18F5N5O5/c23-14-8-15(24)16(7-13(14)22(25,26)27)30-21-32-31-19(37-21)18(33)29-11-3-6-17(28-9-11)36-12-4-1-10(2-5-12)20(34)35/h3,6-10,12H,1-2,4-5H2,(H,29,33)(H,30,32)(H,34,35)/t10-,12+. The number of pyridine rings is 1. The Kier molecular flexibility index (Phi) is 7.22. The molecule has 0 unspecified atom stereocenters. The number of ether oxygens (including phenoxy) is 1. The predicted octanol–water partition coefficient (Wildman–Crippen LogP) is 4.78. The van der Waals surface area contributed by atoms with Crippen LogP contribution in [-0.4, -0.2) is 38.3 Å². The molecule has 10 nitrogen and oxygen atoms in total. The number of alkyl halides is 3. The summed E-state index contributed by atoms with van der Waals surface area (Å²) in [5.74, 6) is -5.55. The van der Waals surface area contributed by atoms with Crippen molar-refractivity contribution in [1.29, 1.82) is 0 Å². The van der Waals surface area contributed by atoms with Crippen molar-refractivity contribution in [1.82, 2.24) is 15.2 Å². The van der Waals surface area contributed by atoms with E-state index in [1.54, 1.807) is 0 Å². The zero-order chi connectivity index (χ0) is 26.7. The molecule has 0 bridgehead atoms. The highest BCUT2D eigenvalue weighted by Gasteiger charge is 2.35. The molecular formula is C22H18F5N5O5. The lowest BCUT2D eigenvalue weighted by atomic mass is 9.87. The summed E-state index contributed by atoms with van der Waals surface area (Å²) in [6, 6.07) is 2.61. The molecule has 15 heteroatoms. The van der Waals surface area contributed by atoms with Gasteiger partial charge in [0.15, 0.2) is 0 Å². The summed E-state index contributed by atoms with van der Waals surface area (Å²) in [6.45, 7) is 0. The van der Waals surface area contributed by atoms with Crippen molar-refractivity contribution in [3.8, 4) is 5.88 Å². The third-order valence-electron chi connectivity index (χ3n) is 5.53. The van der Waals surface area contributed by atoms with E-state index in [0.29, 0.717) is 25.7 Å². The Morgan fingerprint density at radius 2 is 1.78 bits per heavy atom. The molecule has 1 fully saturated rings. The molecule has 196 valence electrons. The summed E-state index contributed by atoms with van der Waals surface area (Å²) in [6.07, 6.45) is -1.79. The Bertz CT molecular complexity index is 1290. The van der Waals surface area contributed by atoms with Gasteiger partial charge in [-0.05, 0) is 37.8 Å². The number of carboxylic acids is 1. The maximum atomic E-state index is 13.9. The van der Waals surface area contributed by atoms with Crippen molar-refractivity contribution in [2.45, 2.75) is 38.0 Å². The number of nitrogens with zero attached hydrogens (tertiary/aromatic N) is 3. The van der Waals surface area contributed by atoms with Crippen LogP contribution in [0.3, 0.4) is 0 Å². The predicted molar refractivity (Wildman–Crippen MR) is 115 cm³/mol. The van der Waals surface area contributed by atoms with Crippen LogP contribution in [0, 0.1) is 17.6 Å². The second-order valence-corrected chi connectivity index (χ2v) is 8.12. The highest BCUT2D eigenvalue weighted by molar-refractivity contribution is 6.00. The molecule has 1 aliphatic carbocycles. The van der Waals surface area contributed by atoms with Gasteiger partial charge in [-0.15, -0.1) is 5.10 Å². The van der Waals surface area contributed by atoms with E-state index < -0.39 is 52.8 Å². The fraction of sp³-hybridized carbons (Fsp3) is 0.318. The molecule has 3 aromatic rings. The van der Waals surface area contributed by atoms with Gasteiger partial charge in [-0.3, -0.25) is 9.59 Å². The summed E-state index contributed by atoms with van der Waals surface area (Å²) >= 11 is 0. The van der Waals surface area contributed by atoms with Gasteiger partial charge in [0.05, 0.1) is 29.1 Å². The van der Waals surface area contributed by atoms with Crippen molar-refractivity contribution in [2.24, 2.45) is 5.92 Å². The van der Waals surface area contributed by atoms with Crippen LogP contribution < -0.4 is 15.4 Å². The Morgan fingerprint density at radius 1 is 1.05 bits per heavy atom. The van der Waals surface area contributed by atoms with Crippen molar-refractivity contribution < 1.29 is 45.8 Å². The molecule has 1 saturated carbocycles. The second-order valence-electron chi connectivity index (χ2n) is 8.12. The van der Waals surface area contributed by atoms with Gasteiger partial charge in [-0.1, -0.05) is 5.10 Å². The number of halogens is 5. The van der Waals surface area contributed by atoms with Crippen LogP contribution in [0.25, 0.3) is 0 Å². The van der Waals surface area contributed by atoms with Crippen molar-refractivity contribution in [3.05, 3.63) is 53.6 Å². The van der Waals surface area contributed by atoms with E-state index in [1.807, 2.05) is 0 Å². The van der Waals surface area contributed by atoms with Crippen molar-refractivity contribution in [2.75, 3.05) is 10.6 Å². The minimum absolute atomic E-state index is 0.0521. The molecule has 2 aromatic heterocycles. The van der Waals surface area contributed by atoms with E-state index in [4.69, 9.17) is 14.3 Å². The molecule has 0 atom stereocenters. The van der Waals surface area contributed by atoms with Gasteiger partial charge in [0.1, 0.15) is 17.7 Å². The first-order chi connectivity index (χ1) is 17.5. The van der Waals surface area contributed by atoms with Crippen molar-refractivity contribution >= 4 is 29.3 Å². The van der Waals surface area contributed by atoms with Gasteiger partial charge in [-0.25, -0.2) is 13.8 Å².